The van der Waals surface area contributed by atoms with Crippen molar-refractivity contribution in [3.05, 3.63) is 35.2 Å². The first-order valence-electron chi connectivity index (χ1n) is 4.02. The Labute approximate surface area is 90.2 Å². The summed E-state index contributed by atoms with van der Waals surface area (Å²) in [5.41, 5.74) is 3.47. The first kappa shape index (κ1) is 9.10. The average Bonchev–Trinajstić information content (AvgIpc) is 2.51. The van der Waals surface area contributed by atoms with Crippen molar-refractivity contribution < 1.29 is 4.42 Å². The van der Waals surface area contributed by atoms with E-state index >= 15 is 0 Å². The summed E-state index contributed by atoms with van der Waals surface area (Å²) in [4.78, 5) is 0. The fraction of sp³-hybridized carbons (Fsp3) is 0.200. The minimum absolute atomic E-state index is 0.679. The Bertz CT molecular complexity index is 383. The molecule has 0 atom stereocenters. The summed E-state index contributed by atoms with van der Waals surface area (Å²) < 4.78 is 5.12. The molecule has 0 aromatic carbocycles. The van der Waals surface area contributed by atoms with E-state index in [-0.39, 0.29) is 0 Å². The van der Waals surface area contributed by atoms with Crippen molar-refractivity contribution in [2.75, 3.05) is 5.33 Å². The van der Waals surface area contributed by atoms with Crippen LogP contribution in [0.3, 0.4) is 0 Å². The van der Waals surface area contributed by atoms with Gasteiger partial charge in [-0.2, -0.15) is 0 Å². The van der Waals surface area contributed by atoms with Crippen LogP contribution in [-0.4, -0.2) is 5.33 Å². The molecule has 0 fully saturated rings. The Morgan fingerprint density at radius 1 is 1.23 bits per heavy atom. The molecule has 0 aromatic rings. The first-order valence-corrected chi connectivity index (χ1v) is 5.52. The second-order valence-electron chi connectivity index (χ2n) is 2.84. The van der Waals surface area contributed by atoms with Gasteiger partial charge in [0.25, 0.3) is 0 Å². The Kier molecular flexibility index (Phi) is 2.61. The molecule has 0 saturated carbocycles. The van der Waals surface area contributed by atoms with Crippen molar-refractivity contribution in [1.82, 2.24) is 0 Å². The van der Waals surface area contributed by atoms with Gasteiger partial charge in [-0.1, -0.05) is 39.7 Å². The van der Waals surface area contributed by atoms with Crippen LogP contribution < -0.4 is 0 Å². The highest BCUT2D eigenvalue weighted by Crippen LogP contribution is 2.34. The van der Waals surface area contributed by atoms with E-state index in [1.54, 1.807) is 12.5 Å². The number of rotatable bonds is 2. The topological polar surface area (TPSA) is 13.1 Å². The minimum Gasteiger partial charge on any atom is -0.470 e. The minimum atomic E-state index is 0.679. The number of hydrogen-bond donors (Lipinski definition) is 0. The molecule has 68 valence electrons. The van der Waals surface area contributed by atoms with E-state index in [1.807, 2.05) is 6.07 Å². The van der Waals surface area contributed by atoms with Gasteiger partial charge in [0.1, 0.15) is 6.26 Å². The third kappa shape index (κ3) is 1.61. The summed E-state index contributed by atoms with van der Waals surface area (Å²) in [6.45, 7) is 0. The van der Waals surface area contributed by atoms with Crippen LogP contribution in [0.1, 0.15) is 5.56 Å². The van der Waals surface area contributed by atoms with Crippen molar-refractivity contribution in [3.63, 3.8) is 0 Å². The van der Waals surface area contributed by atoms with Crippen molar-refractivity contribution in [1.29, 1.82) is 0 Å². The molecular formula is C10H8BrClO. The summed E-state index contributed by atoms with van der Waals surface area (Å²) in [6.07, 6.45) is 4.31. The van der Waals surface area contributed by atoms with Crippen LogP contribution in [0.4, 0.5) is 0 Å². The maximum absolute atomic E-state index is 5.97. The predicted octanol–water partition coefficient (Wildman–Crippen LogP) is 3.98. The van der Waals surface area contributed by atoms with Crippen LogP contribution in [0.2, 0.25) is 5.02 Å². The molecular weight excluding hydrogens is 251 g/mol. The van der Waals surface area contributed by atoms with E-state index in [9.17, 15) is 0 Å². The smallest absolute Gasteiger partial charge is 0.109 e. The Morgan fingerprint density at radius 2 is 2.08 bits per heavy atom. The number of alkyl halides is 1. The molecule has 2 aliphatic rings. The van der Waals surface area contributed by atoms with Gasteiger partial charge in [0, 0.05) is 16.5 Å². The van der Waals surface area contributed by atoms with E-state index in [2.05, 4.69) is 22.0 Å². The lowest BCUT2D eigenvalue weighted by molar-refractivity contribution is 0.552. The first-order chi connectivity index (χ1) is 6.33. The summed E-state index contributed by atoms with van der Waals surface area (Å²) >= 11 is 9.38. The van der Waals surface area contributed by atoms with Gasteiger partial charge in [-0.25, -0.2) is 0 Å². The number of halogens is 2. The van der Waals surface area contributed by atoms with Gasteiger partial charge >= 0.3 is 0 Å². The van der Waals surface area contributed by atoms with E-state index in [0.717, 1.165) is 22.9 Å². The second kappa shape index (κ2) is 3.72. The summed E-state index contributed by atoms with van der Waals surface area (Å²) in [6, 6.07) is 4.12. The highest BCUT2D eigenvalue weighted by Gasteiger charge is 2.12. The molecule has 0 amide bonds. The second-order valence-corrected chi connectivity index (χ2v) is 4.04. The maximum atomic E-state index is 5.97. The molecule has 0 aromatic heterocycles. The quantitative estimate of drug-likeness (QED) is 0.744. The molecule has 3 heteroatoms. The van der Waals surface area contributed by atoms with Crippen molar-refractivity contribution in [2.45, 2.75) is 6.42 Å². The fourth-order valence-electron chi connectivity index (χ4n) is 1.43. The lowest BCUT2D eigenvalue weighted by atomic mass is 10.1. The lowest BCUT2D eigenvalue weighted by Gasteiger charge is -2.02. The molecule has 0 bridgehead atoms. The average molecular weight is 260 g/mol. The highest BCUT2D eigenvalue weighted by molar-refractivity contribution is 9.09. The third-order valence-corrected chi connectivity index (χ3v) is 2.76. The molecule has 0 N–H and O–H groups in total. The zero-order valence-corrected chi connectivity index (χ0v) is 9.23. The fourth-order valence-corrected chi connectivity index (χ4v) is 2.07. The predicted molar refractivity (Wildman–Crippen MR) is 57.8 cm³/mol. The zero-order chi connectivity index (χ0) is 9.26. The van der Waals surface area contributed by atoms with E-state index in [1.165, 1.54) is 5.56 Å². The largest absolute Gasteiger partial charge is 0.470 e. The lowest BCUT2D eigenvalue weighted by Crippen LogP contribution is -1.85. The molecule has 13 heavy (non-hydrogen) atoms. The molecule has 2 rings (SSSR count). The summed E-state index contributed by atoms with van der Waals surface area (Å²) in [7, 11) is 0. The van der Waals surface area contributed by atoms with Gasteiger partial charge in [0.15, 0.2) is 0 Å². The van der Waals surface area contributed by atoms with Crippen molar-refractivity contribution in [3.8, 4) is 11.1 Å². The number of hydrogen-bond acceptors (Lipinski definition) is 1. The van der Waals surface area contributed by atoms with Crippen LogP contribution >= 0.6 is 27.5 Å². The Morgan fingerprint density at radius 3 is 2.85 bits per heavy atom. The summed E-state index contributed by atoms with van der Waals surface area (Å²) in [5, 5.41) is 1.64. The van der Waals surface area contributed by atoms with Crippen molar-refractivity contribution in [2.24, 2.45) is 0 Å². The Hall–Kier alpha value is -0.470. The van der Waals surface area contributed by atoms with Crippen LogP contribution in [0.15, 0.2) is 29.1 Å². The molecule has 1 aliphatic heterocycles. The zero-order valence-electron chi connectivity index (χ0n) is 6.89. The highest BCUT2D eigenvalue weighted by atomic mass is 79.9. The molecule has 1 nitrogen and oxygen atoms in total. The van der Waals surface area contributed by atoms with Gasteiger partial charge in [0.05, 0.1) is 11.3 Å². The molecule has 1 aliphatic carbocycles. The normalized spacial score (nSPS) is 10.9. The van der Waals surface area contributed by atoms with Gasteiger partial charge in [-0.3, -0.25) is 0 Å². The molecule has 0 saturated heterocycles. The maximum Gasteiger partial charge on any atom is 0.109 e. The van der Waals surface area contributed by atoms with Crippen LogP contribution in [-0.2, 0) is 6.42 Å². The molecule has 0 radical (unpaired) electrons. The molecule has 0 unspecified atom stereocenters. The van der Waals surface area contributed by atoms with Gasteiger partial charge in [0.2, 0.25) is 0 Å². The SMILES string of the molecule is Clc1cocc2c(CCBr)ccc1-2. The van der Waals surface area contributed by atoms with E-state index in [4.69, 9.17) is 16.0 Å². The molecule has 0 spiro atoms. The Balaban J connectivity index is 2.51. The van der Waals surface area contributed by atoms with Crippen LogP contribution in [0, 0.1) is 0 Å². The standard InChI is InChI=1S/C10H8BrClO/c11-4-3-7-1-2-8-9(7)5-13-6-10(8)12/h1-2,5-6H,3-4H2. The monoisotopic (exact) mass is 258 g/mol. The van der Waals surface area contributed by atoms with Crippen LogP contribution in [0.25, 0.3) is 11.1 Å². The van der Waals surface area contributed by atoms with Crippen molar-refractivity contribution >= 4 is 27.5 Å². The van der Waals surface area contributed by atoms with E-state index < -0.39 is 0 Å². The third-order valence-electron chi connectivity index (χ3n) is 2.07. The number of aryl methyl sites for hydroxylation is 1. The van der Waals surface area contributed by atoms with Gasteiger partial charge in [-0.15, -0.1) is 0 Å². The van der Waals surface area contributed by atoms with Gasteiger partial charge < -0.3 is 4.42 Å². The van der Waals surface area contributed by atoms with Gasteiger partial charge in [-0.05, 0) is 12.0 Å². The summed E-state index contributed by atoms with van der Waals surface area (Å²) in [5.74, 6) is 0. The number of fused-ring (bicyclic) bond motifs is 1. The van der Waals surface area contributed by atoms with E-state index in [0.29, 0.717) is 5.02 Å². The van der Waals surface area contributed by atoms with Crippen LogP contribution in [0.5, 0.6) is 0 Å². The molecule has 1 heterocycles.